The number of hydrogen-bond acceptors (Lipinski definition) is 3. The van der Waals surface area contributed by atoms with Gasteiger partial charge in [0.2, 0.25) is 0 Å². The largest absolute Gasteiger partial charge is 0.289 e. The maximum Gasteiger partial charge on any atom is 0.188 e. The normalized spacial score (nSPS) is 11.5. The molecule has 3 rings (SSSR count). The van der Waals surface area contributed by atoms with Gasteiger partial charge in [-0.2, -0.15) is 0 Å². The summed E-state index contributed by atoms with van der Waals surface area (Å²) < 4.78 is 0.857. The molecule has 0 aliphatic heterocycles. The van der Waals surface area contributed by atoms with Crippen LogP contribution in [0, 0.1) is 6.92 Å². The van der Waals surface area contributed by atoms with E-state index >= 15 is 0 Å². The summed E-state index contributed by atoms with van der Waals surface area (Å²) in [6.07, 6.45) is 3.06. The van der Waals surface area contributed by atoms with Crippen molar-refractivity contribution in [1.29, 1.82) is 0 Å². The van der Waals surface area contributed by atoms with Crippen molar-refractivity contribution in [2.45, 2.75) is 6.92 Å². The van der Waals surface area contributed by atoms with Crippen LogP contribution in [-0.4, -0.2) is 10.8 Å². The minimum atomic E-state index is -0.224. The molecular formula is C17H10Cl3NOS. The first-order valence-corrected chi connectivity index (χ1v) is 8.63. The maximum absolute atomic E-state index is 12.2. The van der Waals surface area contributed by atoms with Crippen LogP contribution in [0.2, 0.25) is 13.8 Å². The first kappa shape index (κ1) is 16.5. The van der Waals surface area contributed by atoms with E-state index in [4.69, 9.17) is 34.8 Å². The topological polar surface area (TPSA) is 30.0 Å². The molecule has 0 radical (unpaired) electrons. The number of rotatable bonds is 3. The van der Waals surface area contributed by atoms with Gasteiger partial charge in [0.1, 0.15) is 9.49 Å². The van der Waals surface area contributed by atoms with Crippen LogP contribution < -0.4 is 0 Å². The van der Waals surface area contributed by atoms with Crippen molar-refractivity contribution in [2.24, 2.45) is 0 Å². The lowest BCUT2D eigenvalue weighted by Gasteiger charge is -2.03. The van der Waals surface area contributed by atoms with E-state index in [0.29, 0.717) is 25.0 Å². The number of carbonyl (C=O) groups is 1. The number of benzene rings is 1. The molecule has 0 amide bonds. The summed E-state index contributed by atoms with van der Waals surface area (Å²) in [4.78, 5) is 16.6. The third-order valence-corrected chi connectivity index (χ3v) is 5.08. The van der Waals surface area contributed by atoms with Crippen LogP contribution in [0.5, 0.6) is 0 Å². The monoisotopic (exact) mass is 381 g/mol. The van der Waals surface area contributed by atoms with Gasteiger partial charge in [0.05, 0.1) is 15.4 Å². The molecule has 0 fully saturated rings. The molecule has 1 aromatic carbocycles. The first-order valence-electron chi connectivity index (χ1n) is 6.68. The van der Waals surface area contributed by atoms with Crippen LogP contribution in [0.1, 0.15) is 21.5 Å². The number of aromatic nitrogens is 1. The summed E-state index contributed by atoms with van der Waals surface area (Å²) in [6.45, 7) is 2.00. The van der Waals surface area contributed by atoms with Crippen molar-refractivity contribution in [1.82, 2.24) is 4.98 Å². The Bertz CT molecular complexity index is 946. The second-order valence-electron chi connectivity index (χ2n) is 5.00. The fraction of sp³-hybridized carbons (Fsp3) is 0.0588. The van der Waals surface area contributed by atoms with E-state index in [9.17, 15) is 4.79 Å². The molecule has 0 spiro atoms. The summed E-state index contributed by atoms with van der Waals surface area (Å²) in [5, 5.41) is 1.31. The summed E-state index contributed by atoms with van der Waals surface area (Å²) in [7, 11) is 0. The zero-order valence-corrected chi connectivity index (χ0v) is 15.0. The second kappa shape index (κ2) is 6.62. The Morgan fingerprint density at radius 1 is 1.17 bits per heavy atom. The number of halogens is 3. The number of fused-ring (bicyclic) bond motifs is 1. The minimum absolute atomic E-state index is 0.224. The number of ketones is 1. The van der Waals surface area contributed by atoms with Gasteiger partial charge in [-0.05, 0) is 42.8 Å². The van der Waals surface area contributed by atoms with Gasteiger partial charge in [-0.1, -0.05) is 46.9 Å². The number of pyridine rings is 1. The summed E-state index contributed by atoms with van der Waals surface area (Å²) in [5.41, 5.74) is 3.00. The predicted octanol–water partition coefficient (Wildman–Crippen LogP) is 6.46. The lowest BCUT2D eigenvalue weighted by atomic mass is 10.1. The quantitative estimate of drug-likeness (QED) is 0.295. The maximum atomic E-state index is 12.2. The number of thiophene rings is 1. The Morgan fingerprint density at radius 2 is 1.96 bits per heavy atom. The van der Waals surface area contributed by atoms with Crippen molar-refractivity contribution in [3.8, 4) is 0 Å². The molecule has 0 aliphatic carbocycles. The van der Waals surface area contributed by atoms with Crippen molar-refractivity contribution in [3.63, 3.8) is 0 Å². The van der Waals surface area contributed by atoms with E-state index in [-0.39, 0.29) is 5.78 Å². The Kier molecular flexibility index (Phi) is 4.74. The van der Waals surface area contributed by atoms with Gasteiger partial charge < -0.3 is 0 Å². The van der Waals surface area contributed by atoms with Gasteiger partial charge >= 0.3 is 0 Å². The molecule has 6 heteroatoms. The molecule has 23 heavy (non-hydrogen) atoms. The number of carbonyl (C=O) groups excluding carboxylic acids is 1. The highest BCUT2D eigenvalue weighted by Crippen LogP contribution is 2.32. The molecule has 0 saturated heterocycles. The third kappa shape index (κ3) is 3.59. The number of allylic oxidation sites excluding steroid dienone is 1. The van der Waals surface area contributed by atoms with Crippen molar-refractivity contribution in [3.05, 3.63) is 66.9 Å². The van der Waals surface area contributed by atoms with Gasteiger partial charge in [-0.3, -0.25) is 4.79 Å². The lowest BCUT2D eigenvalue weighted by molar-refractivity contribution is 0.104. The SMILES string of the molecule is Cc1ccc2cc(/C=C/C(=O)c3cc(Cl)sc3Cl)c(Cl)nc2c1. The average Bonchev–Trinajstić information content (AvgIpc) is 2.83. The molecule has 0 N–H and O–H groups in total. The highest BCUT2D eigenvalue weighted by atomic mass is 35.5. The molecule has 0 saturated carbocycles. The van der Waals surface area contributed by atoms with Crippen LogP contribution in [0.15, 0.2) is 36.4 Å². The molecule has 3 aromatic rings. The van der Waals surface area contributed by atoms with Crippen LogP contribution in [0.4, 0.5) is 0 Å². The first-order chi connectivity index (χ1) is 10.9. The van der Waals surface area contributed by atoms with E-state index in [1.54, 1.807) is 12.1 Å². The van der Waals surface area contributed by atoms with Gasteiger partial charge in [0.25, 0.3) is 0 Å². The lowest BCUT2D eigenvalue weighted by Crippen LogP contribution is -1.92. The third-order valence-electron chi connectivity index (χ3n) is 3.29. The second-order valence-corrected chi connectivity index (χ2v) is 7.64. The van der Waals surface area contributed by atoms with Crippen molar-refractivity contribution >= 4 is 68.9 Å². The van der Waals surface area contributed by atoms with Crippen molar-refractivity contribution < 1.29 is 4.79 Å². The van der Waals surface area contributed by atoms with Crippen LogP contribution in [-0.2, 0) is 0 Å². The average molecular weight is 383 g/mol. The van der Waals surface area contributed by atoms with Gasteiger partial charge in [-0.25, -0.2) is 4.98 Å². The molecule has 116 valence electrons. The fourth-order valence-corrected chi connectivity index (χ4v) is 3.83. The summed E-state index contributed by atoms with van der Waals surface area (Å²) in [6, 6.07) is 9.40. The summed E-state index contributed by atoms with van der Waals surface area (Å²) >= 11 is 19.2. The molecule has 2 aromatic heterocycles. The Labute approximate surface area is 152 Å². The summed E-state index contributed by atoms with van der Waals surface area (Å²) in [5.74, 6) is -0.224. The molecule has 0 bridgehead atoms. The molecule has 2 nitrogen and oxygen atoms in total. The van der Waals surface area contributed by atoms with Gasteiger partial charge in [0.15, 0.2) is 5.78 Å². The zero-order valence-electron chi connectivity index (χ0n) is 11.9. The fourth-order valence-electron chi connectivity index (χ4n) is 2.15. The van der Waals surface area contributed by atoms with Crippen LogP contribution >= 0.6 is 46.1 Å². The van der Waals surface area contributed by atoms with E-state index in [0.717, 1.165) is 27.8 Å². The minimum Gasteiger partial charge on any atom is -0.289 e. The van der Waals surface area contributed by atoms with Crippen LogP contribution in [0.3, 0.4) is 0 Å². The predicted molar refractivity (Wildman–Crippen MR) is 99.2 cm³/mol. The number of aryl methyl sites for hydroxylation is 1. The van der Waals surface area contributed by atoms with E-state index in [2.05, 4.69) is 4.98 Å². The van der Waals surface area contributed by atoms with Gasteiger partial charge in [0, 0.05) is 10.9 Å². The van der Waals surface area contributed by atoms with Gasteiger partial charge in [-0.15, -0.1) is 11.3 Å². The van der Waals surface area contributed by atoms with Crippen LogP contribution in [0.25, 0.3) is 17.0 Å². The standard InChI is InChI=1S/C17H10Cl3NOS/c1-9-2-3-10-7-11(16(19)21-13(10)6-9)4-5-14(22)12-8-15(18)23-17(12)20/h2-8H,1H3/b5-4+. The van der Waals surface area contributed by atoms with E-state index < -0.39 is 0 Å². The highest BCUT2D eigenvalue weighted by Gasteiger charge is 2.12. The number of nitrogens with zero attached hydrogens (tertiary/aromatic N) is 1. The Hall–Kier alpha value is -1.39. The molecular weight excluding hydrogens is 373 g/mol. The molecule has 0 aliphatic rings. The Morgan fingerprint density at radius 3 is 2.65 bits per heavy atom. The molecule has 2 heterocycles. The van der Waals surface area contributed by atoms with Crippen molar-refractivity contribution in [2.75, 3.05) is 0 Å². The van der Waals surface area contributed by atoms with E-state index in [1.807, 2.05) is 31.2 Å². The molecule has 0 unspecified atom stereocenters. The Balaban J connectivity index is 1.94. The zero-order chi connectivity index (χ0) is 16.6. The molecule has 0 atom stereocenters. The van der Waals surface area contributed by atoms with E-state index in [1.165, 1.54) is 6.08 Å². The smallest absolute Gasteiger partial charge is 0.188 e. The highest BCUT2D eigenvalue weighted by molar-refractivity contribution is 7.20. The number of hydrogen-bond donors (Lipinski definition) is 0.